The van der Waals surface area contributed by atoms with Crippen LogP contribution in [0.2, 0.25) is 0 Å². The third kappa shape index (κ3) is 4.02. The molecule has 6 rings (SSSR count). The average molecular weight is 445 g/mol. The van der Waals surface area contributed by atoms with Crippen LogP contribution in [0.15, 0.2) is 75.6 Å². The van der Waals surface area contributed by atoms with Crippen molar-refractivity contribution in [2.45, 2.75) is 42.7 Å². The van der Waals surface area contributed by atoms with E-state index in [0.29, 0.717) is 18.1 Å². The molecular weight excluding hydrogens is 420 g/mol. The number of pyridine rings is 1. The number of nitrogens with zero attached hydrogens (tertiary/aromatic N) is 2. The van der Waals surface area contributed by atoms with E-state index in [1.54, 1.807) is 12.3 Å². The van der Waals surface area contributed by atoms with Gasteiger partial charge in [0.05, 0.1) is 5.03 Å². The maximum absolute atomic E-state index is 12.8. The molecule has 2 aliphatic heterocycles. The Labute approximate surface area is 190 Å². The largest absolute Gasteiger partial charge is 0.480 e. The predicted octanol–water partition coefficient (Wildman–Crippen LogP) is 5.18. The van der Waals surface area contributed by atoms with Gasteiger partial charge in [0, 0.05) is 30.7 Å². The minimum Gasteiger partial charge on any atom is -0.480 e. The first kappa shape index (κ1) is 20.8. The molecule has 3 heterocycles. The number of hydrogen-bond acceptors (Lipinski definition) is 4. The van der Waals surface area contributed by atoms with Gasteiger partial charge in [0.1, 0.15) is 6.04 Å². The van der Waals surface area contributed by atoms with E-state index in [4.69, 9.17) is 0 Å². The van der Waals surface area contributed by atoms with E-state index in [-0.39, 0.29) is 5.56 Å². The summed E-state index contributed by atoms with van der Waals surface area (Å²) in [7, 11) is 0. The van der Waals surface area contributed by atoms with Crippen molar-refractivity contribution in [3.8, 4) is 0 Å². The minimum absolute atomic E-state index is 0.193. The van der Waals surface area contributed by atoms with Gasteiger partial charge in [0.25, 0.3) is 5.56 Å². The summed E-state index contributed by atoms with van der Waals surface area (Å²) in [6.07, 6.45) is 9.66. The standard InChI is InChI=1S/C22H19NO3S.C4H5N/c24-19-11-16(10-15-6-3-5-13-4-1-2-7-17(13)15)20(14-8-9-14)21-23(19)18(12-27-21)22(25)26;1-2-4-5-3-1/h1-7,11,14,18H,8-10,12H2,(H,25,26);1,3-4H,2H2. The van der Waals surface area contributed by atoms with E-state index in [9.17, 15) is 14.7 Å². The van der Waals surface area contributed by atoms with E-state index in [1.807, 2.05) is 24.4 Å². The van der Waals surface area contributed by atoms with Crippen LogP contribution in [0, 0.1) is 0 Å². The molecule has 0 saturated heterocycles. The maximum atomic E-state index is 12.8. The van der Waals surface area contributed by atoms with Gasteiger partial charge in [-0.2, -0.15) is 0 Å². The summed E-state index contributed by atoms with van der Waals surface area (Å²) in [6.45, 7) is 0. The lowest BCUT2D eigenvalue weighted by molar-refractivity contribution is -0.140. The summed E-state index contributed by atoms with van der Waals surface area (Å²) in [6, 6.07) is 15.5. The second-order valence-electron chi connectivity index (χ2n) is 8.30. The lowest BCUT2D eigenvalue weighted by Gasteiger charge is -2.17. The zero-order valence-corrected chi connectivity index (χ0v) is 18.4. The molecule has 0 radical (unpaired) electrons. The van der Waals surface area contributed by atoms with Gasteiger partial charge in [-0.25, -0.2) is 4.79 Å². The summed E-state index contributed by atoms with van der Waals surface area (Å²) in [5.41, 5.74) is 3.28. The second kappa shape index (κ2) is 8.79. The van der Waals surface area contributed by atoms with Crippen molar-refractivity contribution in [3.63, 3.8) is 0 Å². The Kier molecular flexibility index (Phi) is 5.70. The molecule has 6 heteroatoms. The fraction of sp³-hybridized carbons (Fsp3) is 0.269. The molecule has 162 valence electrons. The Morgan fingerprint density at radius 1 is 1.12 bits per heavy atom. The van der Waals surface area contributed by atoms with E-state index < -0.39 is 12.0 Å². The zero-order valence-electron chi connectivity index (χ0n) is 17.6. The zero-order chi connectivity index (χ0) is 22.1. The summed E-state index contributed by atoms with van der Waals surface area (Å²) in [5, 5.41) is 12.8. The first-order valence-electron chi connectivity index (χ1n) is 10.9. The molecule has 1 aliphatic carbocycles. The van der Waals surface area contributed by atoms with Gasteiger partial charge in [-0.05, 0) is 52.6 Å². The van der Waals surface area contributed by atoms with E-state index in [2.05, 4.69) is 35.3 Å². The van der Waals surface area contributed by atoms with Crippen LogP contribution in [-0.2, 0) is 11.2 Å². The molecule has 3 aliphatic rings. The monoisotopic (exact) mass is 444 g/mol. The smallest absolute Gasteiger partial charge is 0.327 e. The Balaban J connectivity index is 0.000000383. The molecule has 1 aromatic heterocycles. The summed E-state index contributed by atoms with van der Waals surface area (Å²) < 4.78 is 1.51. The molecule has 32 heavy (non-hydrogen) atoms. The lowest BCUT2D eigenvalue weighted by atomic mass is 9.95. The quantitative estimate of drug-likeness (QED) is 0.602. The first-order valence-corrected chi connectivity index (χ1v) is 11.9. The number of allylic oxidation sites excluding steroid dienone is 1. The number of benzene rings is 2. The third-order valence-electron chi connectivity index (χ3n) is 6.09. The SMILES string of the molecule is C1=CN=CC1.O=C(O)C1CSc2c(C3CC3)c(Cc3cccc4ccccc34)cc(=O)n21. The third-order valence-corrected chi connectivity index (χ3v) is 7.26. The fourth-order valence-corrected chi connectivity index (χ4v) is 5.85. The molecule has 5 nitrogen and oxygen atoms in total. The molecule has 0 spiro atoms. The predicted molar refractivity (Wildman–Crippen MR) is 129 cm³/mol. The molecular formula is C26H24N2O3S. The number of carboxylic acids is 1. The van der Waals surface area contributed by atoms with Gasteiger partial charge in [-0.1, -0.05) is 48.5 Å². The highest BCUT2D eigenvalue weighted by Gasteiger charge is 2.37. The number of aromatic nitrogens is 1. The number of carboxylic acid groups (broad SMARTS) is 1. The number of thioether (sulfide) groups is 1. The van der Waals surface area contributed by atoms with Crippen LogP contribution in [-0.4, -0.2) is 27.6 Å². The van der Waals surface area contributed by atoms with Crippen molar-refractivity contribution in [3.05, 3.63) is 87.9 Å². The average Bonchev–Trinajstić information content (AvgIpc) is 3.26. The Morgan fingerprint density at radius 2 is 1.94 bits per heavy atom. The number of hydrogen-bond donors (Lipinski definition) is 1. The Morgan fingerprint density at radius 3 is 2.62 bits per heavy atom. The van der Waals surface area contributed by atoms with Crippen LogP contribution in [0.5, 0.6) is 0 Å². The number of aliphatic imine (C=N–C) groups is 1. The molecule has 1 atom stereocenters. The summed E-state index contributed by atoms with van der Waals surface area (Å²) >= 11 is 1.52. The fourth-order valence-electron chi connectivity index (χ4n) is 4.43. The van der Waals surface area contributed by atoms with E-state index in [1.165, 1.54) is 38.2 Å². The van der Waals surface area contributed by atoms with E-state index in [0.717, 1.165) is 29.9 Å². The van der Waals surface area contributed by atoms with Crippen molar-refractivity contribution < 1.29 is 9.90 Å². The number of fused-ring (bicyclic) bond motifs is 2. The lowest BCUT2D eigenvalue weighted by Crippen LogP contribution is -2.29. The van der Waals surface area contributed by atoms with E-state index >= 15 is 0 Å². The molecule has 1 N–H and O–H groups in total. The highest BCUT2D eigenvalue weighted by molar-refractivity contribution is 7.99. The van der Waals surface area contributed by atoms with Crippen LogP contribution >= 0.6 is 11.8 Å². The highest BCUT2D eigenvalue weighted by Crippen LogP contribution is 2.48. The topological polar surface area (TPSA) is 71.7 Å². The van der Waals surface area contributed by atoms with Crippen LogP contribution < -0.4 is 5.56 Å². The van der Waals surface area contributed by atoms with Gasteiger partial charge < -0.3 is 5.11 Å². The molecule has 1 fully saturated rings. The van der Waals surface area contributed by atoms with Crippen molar-refractivity contribution in [1.29, 1.82) is 0 Å². The Bertz CT molecular complexity index is 1290. The van der Waals surface area contributed by atoms with Gasteiger partial charge in [-0.15, -0.1) is 11.8 Å². The van der Waals surface area contributed by atoms with Crippen molar-refractivity contribution in [2.24, 2.45) is 4.99 Å². The molecule has 0 amide bonds. The van der Waals surface area contributed by atoms with Crippen LogP contribution in [0.3, 0.4) is 0 Å². The molecule has 0 bridgehead atoms. The minimum atomic E-state index is -0.924. The summed E-state index contributed by atoms with van der Waals surface area (Å²) in [4.78, 5) is 28.1. The Hall–Kier alpha value is -3.12. The molecule has 3 aromatic rings. The van der Waals surface area contributed by atoms with Gasteiger partial charge in [0.15, 0.2) is 0 Å². The molecule has 2 aromatic carbocycles. The van der Waals surface area contributed by atoms with Gasteiger partial charge in [0.2, 0.25) is 0 Å². The van der Waals surface area contributed by atoms with Gasteiger partial charge >= 0.3 is 5.97 Å². The van der Waals surface area contributed by atoms with Crippen molar-refractivity contribution in [1.82, 2.24) is 4.57 Å². The highest BCUT2D eigenvalue weighted by atomic mass is 32.2. The van der Waals surface area contributed by atoms with Crippen LogP contribution in [0.25, 0.3) is 10.8 Å². The van der Waals surface area contributed by atoms with Gasteiger partial charge in [-0.3, -0.25) is 14.4 Å². The second-order valence-corrected chi connectivity index (χ2v) is 9.31. The number of carbonyl (C=O) groups is 1. The number of aliphatic carboxylic acids is 1. The first-order chi connectivity index (χ1) is 15.6. The van der Waals surface area contributed by atoms with Crippen molar-refractivity contribution in [2.75, 3.05) is 5.75 Å². The number of rotatable bonds is 4. The van der Waals surface area contributed by atoms with Crippen LogP contribution in [0.4, 0.5) is 0 Å². The van der Waals surface area contributed by atoms with Crippen LogP contribution in [0.1, 0.15) is 47.9 Å². The molecule has 1 unspecified atom stereocenters. The summed E-state index contributed by atoms with van der Waals surface area (Å²) in [5.74, 6) is -0.0362. The maximum Gasteiger partial charge on any atom is 0.327 e. The normalized spacial score (nSPS) is 18.4. The van der Waals surface area contributed by atoms with Crippen molar-refractivity contribution >= 4 is 34.7 Å². The molecule has 1 saturated carbocycles.